The van der Waals surface area contributed by atoms with Crippen LogP contribution in [0.5, 0.6) is 5.75 Å². The van der Waals surface area contributed by atoms with Gasteiger partial charge in [0.2, 0.25) is 0 Å². The molecule has 3 aromatic rings. The molecule has 3 aromatic carbocycles. The van der Waals surface area contributed by atoms with Crippen LogP contribution in [0.2, 0.25) is 0 Å². The number of sulfonamides is 1. The van der Waals surface area contributed by atoms with Crippen LogP contribution in [0.3, 0.4) is 0 Å². The highest BCUT2D eigenvalue weighted by Gasteiger charge is 2.25. The van der Waals surface area contributed by atoms with Crippen molar-refractivity contribution < 1.29 is 22.9 Å². The number of benzene rings is 3. The van der Waals surface area contributed by atoms with Crippen LogP contribution in [0.1, 0.15) is 23.6 Å². The Balaban J connectivity index is 1.61. The number of nitrogens with zero attached hydrogens (tertiary/aromatic N) is 2. The van der Waals surface area contributed by atoms with Crippen molar-refractivity contribution in [2.45, 2.75) is 25.7 Å². The molecule has 35 heavy (non-hydrogen) atoms. The number of ether oxygens (including phenoxy) is 1. The van der Waals surface area contributed by atoms with Crippen molar-refractivity contribution in [3.63, 3.8) is 0 Å². The largest absolute Gasteiger partial charge is 0.484 e. The van der Waals surface area contributed by atoms with Crippen molar-refractivity contribution in [3.05, 3.63) is 93.5 Å². The van der Waals surface area contributed by atoms with Crippen molar-refractivity contribution in [1.82, 2.24) is 5.43 Å². The first kappa shape index (κ1) is 25.4. The normalized spacial score (nSPS) is 11.6. The molecule has 0 radical (unpaired) electrons. The molecule has 0 atom stereocenters. The number of rotatable bonds is 9. The minimum Gasteiger partial charge on any atom is -0.484 e. The zero-order valence-corrected chi connectivity index (χ0v) is 20.1. The third-order valence-corrected chi connectivity index (χ3v) is 6.25. The van der Waals surface area contributed by atoms with Gasteiger partial charge in [-0.15, -0.1) is 0 Å². The number of carbonyl (C=O) groups is 1. The Labute approximate surface area is 202 Å². The van der Waals surface area contributed by atoms with Gasteiger partial charge in [0.25, 0.3) is 21.6 Å². The molecule has 0 unspecified atom stereocenters. The zero-order chi connectivity index (χ0) is 25.6. The third-order valence-electron chi connectivity index (χ3n) is 4.82. The average molecular weight is 497 g/mol. The van der Waals surface area contributed by atoms with Crippen LogP contribution >= 0.6 is 0 Å². The van der Waals surface area contributed by atoms with Crippen LogP contribution in [0.25, 0.3) is 0 Å². The van der Waals surface area contributed by atoms with Gasteiger partial charge >= 0.3 is 0 Å². The maximum absolute atomic E-state index is 12.6. The summed E-state index contributed by atoms with van der Waals surface area (Å²) in [7, 11) is -4.17. The Morgan fingerprint density at radius 2 is 1.66 bits per heavy atom. The zero-order valence-electron chi connectivity index (χ0n) is 19.3. The van der Waals surface area contributed by atoms with E-state index in [4.69, 9.17) is 4.74 Å². The SMILES string of the molecule is C/C(=N/NC(=O)COc1cc(C)cc(C)c1)c1ccc(NS(=O)(=O)c2ccccc2[N+](=O)[O-])cc1. The van der Waals surface area contributed by atoms with Crippen molar-refractivity contribution in [2.24, 2.45) is 5.10 Å². The second-order valence-corrected chi connectivity index (χ2v) is 9.40. The summed E-state index contributed by atoms with van der Waals surface area (Å²) in [5, 5.41) is 15.2. The molecule has 0 aliphatic heterocycles. The Morgan fingerprint density at radius 1 is 1.03 bits per heavy atom. The first-order valence-electron chi connectivity index (χ1n) is 10.5. The first-order valence-corrected chi connectivity index (χ1v) is 11.9. The number of nitro groups is 1. The van der Waals surface area contributed by atoms with E-state index < -0.39 is 31.4 Å². The Kier molecular flexibility index (Phi) is 7.82. The predicted octanol–water partition coefficient (Wildman–Crippen LogP) is 3.93. The van der Waals surface area contributed by atoms with Gasteiger partial charge in [0, 0.05) is 11.8 Å². The molecule has 0 saturated heterocycles. The van der Waals surface area contributed by atoms with E-state index in [1.165, 1.54) is 24.3 Å². The average Bonchev–Trinajstić information content (AvgIpc) is 2.81. The number of nitro benzene ring substituents is 1. The van der Waals surface area contributed by atoms with Crippen molar-refractivity contribution >= 4 is 33.0 Å². The molecule has 182 valence electrons. The number of amides is 1. The lowest BCUT2D eigenvalue weighted by molar-refractivity contribution is -0.387. The Morgan fingerprint density at radius 3 is 2.29 bits per heavy atom. The molecular formula is C24H24N4O6S. The monoisotopic (exact) mass is 496 g/mol. The second-order valence-electron chi connectivity index (χ2n) is 7.75. The third kappa shape index (κ3) is 6.87. The van der Waals surface area contributed by atoms with Crippen molar-refractivity contribution in [3.8, 4) is 5.75 Å². The van der Waals surface area contributed by atoms with E-state index in [1.54, 1.807) is 19.1 Å². The van der Waals surface area contributed by atoms with E-state index >= 15 is 0 Å². The van der Waals surface area contributed by atoms with Crippen LogP contribution in [0, 0.1) is 24.0 Å². The van der Waals surface area contributed by atoms with Gasteiger partial charge in [0.05, 0.1) is 10.6 Å². The molecule has 0 aromatic heterocycles. The lowest BCUT2D eigenvalue weighted by Crippen LogP contribution is -2.25. The number of hydrogen-bond acceptors (Lipinski definition) is 7. The molecule has 0 heterocycles. The van der Waals surface area contributed by atoms with Gasteiger partial charge in [-0.2, -0.15) is 5.10 Å². The first-order chi connectivity index (χ1) is 16.5. The van der Waals surface area contributed by atoms with Gasteiger partial charge in [-0.25, -0.2) is 13.8 Å². The highest BCUT2D eigenvalue weighted by Crippen LogP contribution is 2.25. The molecule has 0 aliphatic carbocycles. The standard InChI is InChI=1S/C24H24N4O6S/c1-16-12-17(2)14-21(13-16)34-15-24(29)26-25-18(3)19-8-10-20(11-9-19)27-35(32,33)23-7-5-4-6-22(23)28(30)31/h4-14,27H,15H2,1-3H3,(H,26,29)/b25-18-. The fourth-order valence-electron chi connectivity index (χ4n) is 3.23. The maximum Gasteiger partial charge on any atom is 0.289 e. The number of carbonyl (C=O) groups excluding carboxylic acids is 1. The summed E-state index contributed by atoms with van der Waals surface area (Å²) in [5.74, 6) is 0.162. The summed E-state index contributed by atoms with van der Waals surface area (Å²) in [5.41, 5.74) is 5.29. The predicted molar refractivity (Wildman–Crippen MR) is 132 cm³/mol. The number of hydrogen-bond donors (Lipinski definition) is 2. The molecule has 0 bridgehead atoms. The van der Waals surface area contributed by atoms with E-state index in [0.29, 0.717) is 17.0 Å². The van der Waals surface area contributed by atoms with E-state index in [-0.39, 0.29) is 12.3 Å². The molecule has 11 heteroatoms. The van der Waals surface area contributed by atoms with E-state index in [1.807, 2.05) is 32.0 Å². The van der Waals surface area contributed by atoms with Gasteiger partial charge in [-0.3, -0.25) is 19.6 Å². The molecule has 1 amide bonds. The van der Waals surface area contributed by atoms with E-state index in [2.05, 4.69) is 15.2 Å². The summed E-state index contributed by atoms with van der Waals surface area (Å²) in [6.07, 6.45) is 0. The fraction of sp³-hybridized carbons (Fsp3) is 0.167. The van der Waals surface area contributed by atoms with Gasteiger partial charge in [0.1, 0.15) is 5.75 Å². The highest BCUT2D eigenvalue weighted by atomic mass is 32.2. The number of aryl methyl sites for hydroxylation is 2. The number of nitrogens with one attached hydrogen (secondary N) is 2. The van der Waals surface area contributed by atoms with Crippen LogP contribution < -0.4 is 14.9 Å². The maximum atomic E-state index is 12.6. The Hall–Kier alpha value is -4.25. The van der Waals surface area contributed by atoms with Crippen molar-refractivity contribution in [1.29, 1.82) is 0 Å². The van der Waals surface area contributed by atoms with E-state index in [0.717, 1.165) is 23.3 Å². The van der Waals surface area contributed by atoms with Gasteiger partial charge in [-0.1, -0.05) is 30.3 Å². The summed E-state index contributed by atoms with van der Waals surface area (Å²) in [4.78, 5) is 22.0. The number of anilines is 1. The summed E-state index contributed by atoms with van der Waals surface area (Å²) >= 11 is 0. The van der Waals surface area contributed by atoms with Crippen LogP contribution in [0.4, 0.5) is 11.4 Å². The topological polar surface area (TPSA) is 140 Å². The lowest BCUT2D eigenvalue weighted by Gasteiger charge is -2.10. The van der Waals surface area contributed by atoms with Gasteiger partial charge in [-0.05, 0) is 67.8 Å². The summed E-state index contributed by atoms with van der Waals surface area (Å²) in [6.45, 7) is 5.36. The quantitative estimate of drug-likeness (QED) is 0.261. The number of para-hydroxylation sites is 1. The Bertz CT molecular complexity index is 1370. The van der Waals surface area contributed by atoms with Crippen LogP contribution in [-0.2, 0) is 14.8 Å². The minimum absolute atomic E-state index is 0.202. The fourth-order valence-corrected chi connectivity index (χ4v) is 4.46. The van der Waals surface area contributed by atoms with Gasteiger partial charge in [0.15, 0.2) is 11.5 Å². The molecule has 0 fully saturated rings. The van der Waals surface area contributed by atoms with E-state index in [9.17, 15) is 23.3 Å². The molecule has 2 N–H and O–H groups in total. The smallest absolute Gasteiger partial charge is 0.289 e. The summed E-state index contributed by atoms with van der Waals surface area (Å²) in [6, 6.07) is 17.0. The van der Waals surface area contributed by atoms with Crippen molar-refractivity contribution in [2.75, 3.05) is 11.3 Å². The molecule has 10 nitrogen and oxygen atoms in total. The number of hydrazone groups is 1. The molecule has 0 spiro atoms. The highest BCUT2D eigenvalue weighted by molar-refractivity contribution is 7.92. The molecule has 0 aliphatic rings. The minimum atomic E-state index is -4.17. The molecule has 0 saturated carbocycles. The van der Waals surface area contributed by atoms with Crippen LogP contribution in [0.15, 0.2) is 76.7 Å². The second kappa shape index (κ2) is 10.8. The van der Waals surface area contributed by atoms with Crippen LogP contribution in [-0.4, -0.2) is 31.6 Å². The molecular weight excluding hydrogens is 472 g/mol. The van der Waals surface area contributed by atoms with Gasteiger partial charge < -0.3 is 4.74 Å². The molecule has 3 rings (SSSR count). The lowest BCUT2D eigenvalue weighted by atomic mass is 10.1. The summed E-state index contributed by atoms with van der Waals surface area (Å²) < 4.78 is 33.1.